The summed E-state index contributed by atoms with van der Waals surface area (Å²) >= 11 is 7.18. The number of fused-ring (bicyclic) bond motifs is 1. The normalized spacial score (nSPS) is 19.8. The van der Waals surface area contributed by atoms with Crippen LogP contribution in [-0.2, 0) is 17.6 Å². The van der Waals surface area contributed by atoms with Crippen LogP contribution in [0.4, 0.5) is 8.78 Å². The van der Waals surface area contributed by atoms with Crippen LogP contribution in [0, 0.1) is 0 Å². The lowest BCUT2D eigenvalue weighted by Crippen LogP contribution is -2.48. The lowest BCUT2D eigenvalue weighted by molar-refractivity contribution is -0.137. The van der Waals surface area contributed by atoms with Crippen LogP contribution in [0.3, 0.4) is 0 Å². The Bertz CT molecular complexity index is 1240. The van der Waals surface area contributed by atoms with Crippen LogP contribution in [0.15, 0.2) is 35.8 Å². The number of hydrogen-bond acceptors (Lipinski definition) is 6. The first-order valence-corrected chi connectivity index (χ1v) is 13.7. The molecule has 2 N–H and O–H groups in total. The van der Waals surface area contributed by atoms with E-state index < -0.39 is 18.1 Å². The largest absolute Gasteiger partial charge is 0.389 e. The minimum atomic E-state index is -2.76. The topological polar surface area (TPSA) is 83.3 Å². The standard InChI is InChI=1S/C26H30ClF2N5O2S/c1-30-20-3-2-16-12-19(21-5-11-37-32-21)17(13-18(16)20)15-26(36)6-9-33(10-7-26)24(35)14-22(25(28)29)34-8-4-23(27)31-34/h4-5,8,11-13,20,22,25,30,36H,2-3,6-7,9-10,14-15H2,1H3. The average molecular weight is 550 g/mol. The summed E-state index contributed by atoms with van der Waals surface area (Å²) in [4.78, 5) is 14.5. The molecule has 37 heavy (non-hydrogen) atoms. The molecule has 2 atom stereocenters. The lowest BCUT2D eigenvalue weighted by Gasteiger charge is -2.39. The number of likely N-dealkylation sites (tertiary alicyclic amines) is 1. The van der Waals surface area contributed by atoms with Crippen molar-refractivity contribution in [2.45, 2.75) is 62.6 Å². The first-order chi connectivity index (χ1) is 17.8. The molecule has 0 radical (unpaired) electrons. The number of carbonyl (C=O) groups is 1. The van der Waals surface area contributed by atoms with E-state index in [1.54, 1.807) is 4.90 Å². The number of nitrogens with one attached hydrogen (secondary N) is 1. The molecule has 7 nitrogen and oxygen atoms in total. The monoisotopic (exact) mass is 549 g/mol. The van der Waals surface area contributed by atoms with Crippen LogP contribution >= 0.6 is 23.1 Å². The molecule has 0 saturated carbocycles. The van der Waals surface area contributed by atoms with Gasteiger partial charge in [0.25, 0.3) is 6.43 Å². The fourth-order valence-corrected chi connectivity index (χ4v) is 6.22. The molecule has 1 aliphatic heterocycles. The second-order valence-electron chi connectivity index (χ2n) is 9.98. The third-order valence-corrected chi connectivity index (χ3v) is 8.42. The van der Waals surface area contributed by atoms with E-state index in [0.29, 0.717) is 38.4 Å². The molecule has 1 aromatic carbocycles. The van der Waals surface area contributed by atoms with Gasteiger partial charge < -0.3 is 15.3 Å². The molecule has 2 unspecified atom stereocenters. The van der Waals surface area contributed by atoms with Crippen molar-refractivity contribution in [3.05, 3.63) is 57.7 Å². The number of aliphatic hydroxyl groups is 1. The number of aromatic nitrogens is 3. The molecular weight excluding hydrogens is 520 g/mol. The molecule has 2 aromatic heterocycles. The summed E-state index contributed by atoms with van der Waals surface area (Å²) in [6, 6.07) is 6.74. The lowest BCUT2D eigenvalue weighted by atomic mass is 9.82. The number of hydrogen-bond donors (Lipinski definition) is 2. The molecule has 1 saturated heterocycles. The van der Waals surface area contributed by atoms with E-state index in [9.17, 15) is 18.7 Å². The van der Waals surface area contributed by atoms with Gasteiger partial charge in [-0.1, -0.05) is 17.7 Å². The van der Waals surface area contributed by atoms with Gasteiger partial charge in [0.1, 0.15) is 6.04 Å². The van der Waals surface area contributed by atoms with E-state index in [1.165, 1.54) is 34.9 Å². The summed E-state index contributed by atoms with van der Waals surface area (Å²) in [5.41, 5.74) is 4.57. The summed E-state index contributed by atoms with van der Waals surface area (Å²) in [5.74, 6) is -0.378. The summed E-state index contributed by atoms with van der Waals surface area (Å²) < 4.78 is 32.9. The molecule has 5 rings (SSSR count). The molecule has 11 heteroatoms. The quantitative estimate of drug-likeness (QED) is 0.427. The van der Waals surface area contributed by atoms with Crippen LogP contribution in [-0.4, -0.2) is 62.2 Å². The minimum Gasteiger partial charge on any atom is -0.389 e. The third kappa shape index (κ3) is 5.57. The first kappa shape index (κ1) is 26.2. The van der Waals surface area contributed by atoms with Crippen molar-refractivity contribution in [3.8, 4) is 11.3 Å². The number of aryl methyl sites for hydroxylation is 1. The van der Waals surface area contributed by atoms with Gasteiger partial charge in [-0.15, -0.1) is 0 Å². The van der Waals surface area contributed by atoms with Gasteiger partial charge in [0, 0.05) is 42.7 Å². The second-order valence-corrected chi connectivity index (χ2v) is 11.0. The summed E-state index contributed by atoms with van der Waals surface area (Å²) in [6.45, 7) is 0.614. The second kappa shape index (κ2) is 10.8. The highest BCUT2D eigenvalue weighted by molar-refractivity contribution is 7.03. The highest BCUT2D eigenvalue weighted by Gasteiger charge is 2.37. The Labute approximate surface area is 223 Å². The highest BCUT2D eigenvalue weighted by atomic mass is 35.5. The maximum Gasteiger partial charge on any atom is 0.261 e. The van der Waals surface area contributed by atoms with E-state index in [0.717, 1.165) is 34.3 Å². The SMILES string of the molecule is CNC1CCc2cc(-c3ccsn3)c(CC3(O)CCN(C(=O)CC(C(F)F)n4ccc(Cl)n4)CC3)cc21. The van der Waals surface area contributed by atoms with Crippen molar-refractivity contribution in [3.63, 3.8) is 0 Å². The van der Waals surface area contributed by atoms with Gasteiger partial charge in [0.05, 0.1) is 17.7 Å². The van der Waals surface area contributed by atoms with Crippen molar-refractivity contribution in [2.75, 3.05) is 20.1 Å². The van der Waals surface area contributed by atoms with Crippen molar-refractivity contribution in [1.82, 2.24) is 24.4 Å². The first-order valence-electron chi connectivity index (χ1n) is 12.5. The summed E-state index contributed by atoms with van der Waals surface area (Å²) in [6.07, 6.45) is 1.45. The molecule has 0 spiro atoms. The molecular formula is C26H30ClF2N5O2S. The number of rotatable bonds is 8. The fraction of sp³-hybridized carbons (Fsp3) is 0.500. The molecule has 198 valence electrons. The van der Waals surface area contributed by atoms with E-state index in [1.807, 2.05) is 18.5 Å². The van der Waals surface area contributed by atoms with Crippen molar-refractivity contribution in [1.29, 1.82) is 0 Å². The molecule has 1 amide bonds. The Balaban J connectivity index is 1.29. The number of carbonyl (C=O) groups excluding carboxylic acids is 1. The molecule has 1 aliphatic carbocycles. The average Bonchev–Trinajstić information content (AvgIpc) is 3.63. The van der Waals surface area contributed by atoms with Crippen molar-refractivity contribution in [2.24, 2.45) is 0 Å². The van der Waals surface area contributed by atoms with E-state index in [2.05, 4.69) is 26.9 Å². The maximum absolute atomic E-state index is 13.7. The molecule has 3 heterocycles. The Kier molecular flexibility index (Phi) is 7.63. The van der Waals surface area contributed by atoms with Gasteiger partial charge >= 0.3 is 0 Å². The zero-order valence-electron chi connectivity index (χ0n) is 20.5. The minimum absolute atomic E-state index is 0.103. The Morgan fingerprint density at radius 2 is 2.11 bits per heavy atom. The van der Waals surface area contributed by atoms with Crippen molar-refractivity contribution >= 4 is 29.0 Å². The highest BCUT2D eigenvalue weighted by Crippen LogP contribution is 2.39. The molecule has 2 aliphatic rings. The number of piperidine rings is 1. The molecule has 1 fully saturated rings. The number of alkyl halides is 2. The number of benzene rings is 1. The summed E-state index contributed by atoms with van der Waals surface area (Å²) in [7, 11) is 1.97. The predicted octanol–water partition coefficient (Wildman–Crippen LogP) is 4.66. The van der Waals surface area contributed by atoms with Crippen LogP contribution in [0.1, 0.15) is 54.5 Å². The van der Waals surface area contributed by atoms with Crippen LogP contribution in [0.2, 0.25) is 5.15 Å². The van der Waals surface area contributed by atoms with Gasteiger partial charge in [-0.25, -0.2) is 8.78 Å². The van der Waals surface area contributed by atoms with Gasteiger partial charge in [0.2, 0.25) is 5.91 Å². The number of nitrogens with zero attached hydrogens (tertiary/aromatic N) is 4. The zero-order valence-corrected chi connectivity index (χ0v) is 22.1. The van der Waals surface area contributed by atoms with Gasteiger partial charge in [-0.2, -0.15) is 9.47 Å². The number of amides is 1. The van der Waals surface area contributed by atoms with Crippen molar-refractivity contribution < 1.29 is 18.7 Å². The molecule has 0 bridgehead atoms. The van der Waals surface area contributed by atoms with Crippen LogP contribution in [0.25, 0.3) is 11.3 Å². The van der Waals surface area contributed by atoms with E-state index in [-0.39, 0.29) is 17.5 Å². The number of halogens is 3. The Morgan fingerprint density at radius 1 is 1.32 bits per heavy atom. The third-order valence-electron chi connectivity index (χ3n) is 7.66. The van der Waals surface area contributed by atoms with E-state index in [4.69, 9.17) is 11.6 Å². The van der Waals surface area contributed by atoms with Crippen LogP contribution < -0.4 is 5.32 Å². The Hall–Kier alpha value is -2.40. The van der Waals surface area contributed by atoms with E-state index >= 15 is 0 Å². The van der Waals surface area contributed by atoms with Gasteiger partial charge in [-0.05, 0) is 79.2 Å². The fourth-order valence-electron chi connectivity index (χ4n) is 5.55. The summed E-state index contributed by atoms with van der Waals surface area (Å²) in [5, 5.41) is 20.8. The molecule has 3 aromatic rings. The van der Waals surface area contributed by atoms with Crippen LogP contribution in [0.5, 0.6) is 0 Å². The predicted molar refractivity (Wildman–Crippen MR) is 139 cm³/mol. The Morgan fingerprint density at radius 3 is 2.73 bits per heavy atom. The van der Waals surface area contributed by atoms with Gasteiger partial charge in [-0.3, -0.25) is 9.48 Å². The van der Waals surface area contributed by atoms with Gasteiger partial charge in [0.15, 0.2) is 5.15 Å². The zero-order chi connectivity index (χ0) is 26.2. The maximum atomic E-state index is 13.7. The smallest absolute Gasteiger partial charge is 0.261 e.